The lowest BCUT2D eigenvalue weighted by Gasteiger charge is -1.74. The van der Waals surface area contributed by atoms with Gasteiger partial charge in [0.25, 0.3) is 0 Å². The van der Waals surface area contributed by atoms with E-state index in [1.807, 2.05) is 48.6 Å². The minimum Gasteiger partial charge on any atom is -0.299 e. The van der Waals surface area contributed by atoms with Crippen LogP contribution in [0, 0.1) is 0 Å². The standard InChI is InChI=1S/C16H16O2/c17-15-13-11-9-7-5-3-1-2-4-6-8-10-12-14-16-18/h1-16H. The largest absolute Gasteiger partial charge is 0.299 e. The van der Waals surface area contributed by atoms with Gasteiger partial charge in [-0.15, -0.1) is 0 Å². The van der Waals surface area contributed by atoms with Gasteiger partial charge in [0, 0.05) is 0 Å². The van der Waals surface area contributed by atoms with Crippen LogP contribution in [0.5, 0.6) is 0 Å². The molecule has 0 spiro atoms. The van der Waals surface area contributed by atoms with E-state index in [-0.39, 0.29) is 0 Å². The van der Waals surface area contributed by atoms with E-state index >= 15 is 0 Å². The summed E-state index contributed by atoms with van der Waals surface area (Å²) in [5, 5.41) is 0. The summed E-state index contributed by atoms with van der Waals surface area (Å²) in [7, 11) is 0. The predicted octanol–water partition coefficient (Wildman–Crippen LogP) is 3.28. The maximum Gasteiger partial charge on any atom is 0.142 e. The fourth-order valence-corrected chi connectivity index (χ4v) is 0.861. The molecule has 0 aliphatic rings. The maximum atomic E-state index is 9.94. The zero-order valence-corrected chi connectivity index (χ0v) is 10.1. The molecule has 2 nitrogen and oxygen atoms in total. The molecule has 0 heterocycles. The molecule has 0 amide bonds. The van der Waals surface area contributed by atoms with Crippen molar-refractivity contribution in [2.45, 2.75) is 0 Å². The molecule has 0 bridgehead atoms. The second-order valence-corrected chi connectivity index (χ2v) is 2.97. The average molecular weight is 240 g/mol. The van der Waals surface area contributed by atoms with Gasteiger partial charge in [-0.3, -0.25) is 9.59 Å². The Morgan fingerprint density at radius 2 is 0.444 bits per heavy atom. The third-order valence-corrected chi connectivity index (χ3v) is 1.60. The first-order valence-electron chi connectivity index (χ1n) is 5.47. The molecule has 0 fully saturated rings. The van der Waals surface area contributed by atoms with Crippen LogP contribution in [0.25, 0.3) is 0 Å². The summed E-state index contributed by atoms with van der Waals surface area (Å²) in [4.78, 5) is 19.9. The van der Waals surface area contributed by atoms with Crippen LogP contribution >= 0.6 is 0 Å². The zero-order valence-electron chi connectivity index (χ0n) is 10.1. The van der Waals surface area contributed by atoms with Crippen molar-refractivity contribution in [2.75, 3.05) is 0 Å². The molecule has 0 saturated carbocycles. The second kappa shape index (κ2) is 14.5. The lowest BCUT2D eigenvalue weighted by atomic mass is 10.3. The lowest BCUT2D eigenvalue weighted by Crippen LogP contribution is -1.56. The smallest absolute Gasteiger partial charge is 0.142 e. The SMILES string of the molecule is O=CC=CC=CC=CC=CC=CC=CC=CC=O. The van der Waals surface area contributed by atoms with Crippen molar-refractivity contribution >= 4 is 12.6 Å². The number of rotatable bonds is 8. The van der Waals surface area contributed by atoms with Gasteiger partial charge in [0.2, 0.25) is 0 Å². The van der Waals surface area contributed by atoms with Gasteiger partial charge in [-0.1, -0.05) is 72.9 Å². The molecular weight excluding hydrogens is 224 g/mol. The average Bonchev–Trinajstić information content (AvgIpc) is 2.39. The third kappa shape index (κ3) is 13.5. The van der Waals surface area contributed by atoms with Crippen molar-refractivity contribution in [1.29, 1.82) is 0 Å². The molecule has 0 rings (SSSR count). The summed E-state index contributed by atoms with van der Waals surface area (Å²) in [6.07, 6.45) is 26.1. The Bertz CT molecular complexity index is 376. The van der Waals surface area contributed by atoms with E-state index in [0.717, 1.165) is 12.6 Å². The molecule has 2 heteroatoms. The first kappa shape index (κ1) is 15.5. The van der Waals surface area contributed by atoms with Crippen LogP contribution in [0.3, 0.4) is 0 Å². The van der Waals surface area contributed by atoms with Crippen LogP contribution in [0.15, 0.2) is 85.1 Å². The minimum absolute atomic E-state index is 0.733. The van der Waals surface area contributed by atoms with Gasteiger partial charge < -0.3 is 0 Å². The van der Waals surface area contributed by atoms with Crippen LogP contribution in [0.4, 0.5) is 0 Å². The zero-order chi connectivity index (χ0) is 13.3. The Morgan fingerprint density at radius 3 is 0.611 bits per heavy atom. The van der Waals surface area contributed by atoms with Crippen molar-refractivity contribution in [3.8, 4) is 0 Å². The first-order valence-corrected chi connectivity index (χ1v) is 5.47. The van der Waals surface area contributed by atoms with Crippen LogP contribution < -0.4 is 0 Å². The Morgan fingerprint density at radius 1 is 0.278 bits per heavy atom. The molecular formula is C16H16O2. The Balaban J connectivity index is 3.82. The van der Waals surface area contributed by atoms with Gasteiger partial charge in [0.05, 0.1) is 0 Å². The molecule has 0 N–H and O–H groups in total. The van der Waals surface area contributed by atoms with Gasteiger partial charge in [0.1, 0.15) is 12.6 Å². The summed E-state index contributed by atoms with van der Waals surface area (Å²) in [6.45, 7) is 0. The number of allylic oxidation sites excluding steroid dienone is 14. The van der Waals surface area contributed by atoms with Crippen LogP contribution in [0.2, 0.25) is 0 Å². The van der Waals surface area contributed by atoms with Crippen molar-refractivity contribution in [1.82, 2.24) is 0 Å². The van der Waals surface area contributed by atoms with E-state index in [4.69, 9.17) is 0 Å². The molecule has 0 aromatic heterocycles. The molecule has 0 aromatic rings. The third-order valence-electron chi connectivity index (χ3n) is 1.60. The highest BCUT2D eigenvalue weighted by Gasteiger charge is 1.64. The van der Waals surface area contributed by atoms with E-state index < -0.39 is 0 Å². The number of carbonyl (C=O) groups is 2. The number of hydrogen-bond acceptors (Lipinski definition) is 2. The highest BCUT2D eigenvalue weighted by molar-refractivity contribution is 5.65. The van der Waals surface area contributed by atoms with Crippen molar-refractivity contribution in [3.05, 3.63) is 85.1 Å². The van der Waals surface area contributed by atoms with E-state index in [1.165, 1.54) is 12.2 Å². The summed E-state index contributed by atoms with van der Waals surface area (Å²) < 4.78 is 0. The molecule has 0 unspecified atom stereocenters. The second-order valence-electron chi connectivity index (χ2n) is 2.97. The molecule has 18 heavy (non-hydrogen) atoms. The molecule has 0 radical (unpaired) electrons. The Kier molecular flexibility index (Phi) is 12.5. The van der Waals surface area contributed by atoms with Crippen molar-refractivity contribution in [3.63, 3.8) is 0 Å². The van der Waals surface area contributed by atoms with Crippen molar-refractivity contribution < 1.29 is 9.59 Å². The lowest BCUT2D eigenvalue weighted by molar-refractivity contribution is -0.104. The molecule has 92 valence electrons. The maximum absolute atomic E-state index is 9.94. The summed E-state index contributed by atoms with van der Waals surface area (Å²) in [5.74, 6) is 0. The van der Waals surface area contributed by atoms with Gasteiger partial charge in [-0.2, -0.15) is 0 Å². The normalized spacial score (nSPS) is 13.6. The minimum atomic E-state index is 0.733. The van der Waals surface area contributed by atoms with E-state index in [9.17, 15) is 9.59 Å². The molecule has 0 saturated heterocycles. The van der Waals surface area contributed by atoms with Crippen LogP contribution in [-0.2, 0) is 9.59 Å². The van der Waals surface area contributed by atoms with Crippen molar-refractivity contribution in [2.24, 2.45) is 0 Å². The quantitative estimate of drug-likeness (QED) is 0.370. The molecule has 0 atom stereocenters. The fourth-order valence-electron chi connectivity index (χ4n) is 0.861. The van der Waals surface area contributed by atoms with E-state index in [2.05, 4.69) is 0 Å². The van der Waals surface area contributed by atoms with Gasteiger partial charge in [-0.25, -0.2) is 0 Å². The first-order chi connectivity index (χ1) is 8.91. The van der Waals surface area contributed by atoms with Crippen LogP contribution in [-0.4, -0.2) is 12.6 Å². The number of aldehydes is 2. The van der Waals surface area contributed by atoms with E-state index in [0.29, 0.717) is 0 Å². The monoisotopic (exact) mass is 240 g/mol. The topological polar surface area (TPSA) is 34.1 Å². The summed E-state index contributed by atoms with van der Waals surface area (Å²) >= 11 is 0. The van der Waals surface area contributed by atoms with Crippen LogP contribution in [0.1, 0.15) is 0 Å². The van der Waals surface area contributed by atoms with Gasteiger partial charge in [0.15, 0.2) is 0 Å². The number of carbonyl (C=O) groups excluding carboxylic acids is 2. The molecule has 0 aliphatic carbocycles. The predicted molar refractivity (Wildman–Crippen MR) is 76.1 cm³/mol. The fraction of sp³-hybridized carbons (Fsp3) is 0. The number of hydrogen-bond donors (Lipinski definition) is 0. The molecule has 0 aliphatic heterocycles. The highest BCUT2D eigenvalue weighted by Crippen LogP contribution is 1.84. The highest BCUT2D eigenvalue weighted by atomic mass is 16.1. The summed E-state index contributed by atoms with van der Waals surface area (Å²) in [5.41, 5.74) is 0. The Hall–Kier alpha value is -2.48. The Labute approximate surface area is 108 Å². The molecule has 0 aromatic carbocycles. The van der Waals surface area contributed by atoms with E-state index in [1.54, 1.807) is 24.3 Å². The van der Waals surface area contributed by atoms with Gasteiger partial charge in [-0.05, 0) is 12.2 Å². The van der Waals surface area contributed by atoms with Gasteiger partial charge >= 0.3 is 0 Å². The summed E-state index contributed by atoms with van der Waals surface area (Å²) in [6, 6.07) is 0.